The number of hydrogen-bond donors (Lipinski definition) is 1. The number of ether oxygens (including phenoxy) is 3. The molecule has 0 radical (unpaired) electrons. The van der Waals surface area contributed by atoms with Gasteiger partial charge in [-0.1, -0.05) is 12.1 Å². The maximum atomic E-state index is 6.23. The molecule has 0 atom stereocenters. The molecule has 0 amide bonds. The molecule has 35 heavy (non-hydrogen) atoms. The minimum atomic E-state index is 0.472. The van der Waals surface area contributed by atoms with Crippen molar-refractivity contribution in [1.29, 1.82) is 0 Å². The Labute approximate surface area is 205 Å². The number of fused-ring (bicyclic) bond motifs is 7. The van der Waals surface area contributed by atoms with Gasteiger partial charge in [-0.2, -0.15) is 0 Å². The number of anilines is 3. The van der Waals surface area contributed by atoms with Gasteiger partial charge in [0, 0.05) is 55.7 Å². The fourth-order valence-electron chi connectivity index (χ4n) is 4.72. The Morgan fingerprint density at radius 2 is 1.71 bits per heavy atom. The Balaban J connectivity index is 1.26. The van der Waals surface area contributed by atoms with Crippen molar-refractivity contribution in [2.24, 2.45) is 0 Å². The molecule has 3 aliphatic rings. The van der Waals surface area contributed by atoms with E-state index in [1.54, 1.807) is 6.20 Å². The van der Waals surface area contributed by atoms with Crippen LogP contribution in [-0.2, 0) is 4.74 Å². The van der Waals surface area contributed by atoms with E-state index >= 15 is 0 Å². The quantitative estimate of drug-likeness (QED) is 0.600. The summed E-state index contributed by atoms with van der Waals surface area (Å²) in [5, 5.41) is 3.35. The molecule has 1 saturated heterocycles. The lowest BCUT2D eigenvalue weighted by Gasteiger charge is -2.37. The van der Waals surface area contributed by atoms with Gasteiger partial charge in [-0.15, -0.1) is 0 Å². The van der Waals surface area contributed by atoms with Gasteiger partial charge in [0.2, 0.25) is 5.95 Å². The highest BCUT2D eigenvalue weighted by Crippen LogP contribution is 2.35. The van der Waals surface area contributed by atoms with Crippen molar-refractivity contribution >= 4 is 17.3 Å². The van der Waals surface area contributed by atoms with Crippen molar-refractivity contribution in [1.82, 2.24) is 14.9 Å². The highest BCUT2D eigenvalue weighted by molar-refractivity contribution is 5.69. The number of hydrogen-bond acceptors (Lipinski definition) is 8. The molecule has 2 aromatic carbocycles. The normalized spacial score (nSPS) is 19.1. The molecule has 2 fully saturated rings. The van der Waals surface area contributed by atoms with Gasteiger partial charge in [0.1, 0.15) is 24.7 Å². The van der Waals surface area contributed by atoms with E-state index in [0.717, 1.165) is 66.4 Å². The lowest BCUT2D eigenvalue weighted by atomic mass is 10.1. The second-order valence-electron chi connectivity index (χ2n) is 9.16. The summed E-state index contributed by atoms with van der Waals surface area (Å²) in [4.78, 5) is 14.2. The highest BCUT2D eigenvalue weighted by atomic mass is 16.5. The molecule has 6 bridgehead atoms. The first kappa shape index (κ1) is 22.1. The summed E-state index contributed by atoms with van der Waals surface area (Å²) in [5.74, 6) is 2.18. The maximum Gasteiger partial charge on any atom is 0.227 e. The minimum Gasteiger partial charge on any atom is -0.491 e. The molecule has 8 heteroatoms. The van der Waals surface area contributed by atoms with Crippen LogP contribution in [-0.4, -0.2) is 73.5 Å². The summed E-state index contributed by atoms with van der Waals surface area (Å²) < 4.78 is 17.9. The number of nitrogens with one attached hydrogen (secondary N) is 1. The van der Waals surface area contributed by atoms with E-state index in [-0.39, 0.29) is 0 Å². The van der Waals surface area contributed by atoms with Crippen LogP contribution in [0.5, 0.6) is 11.5 Å². The van der Waals surface area contributed by atoms with E-state index in [2.05, 4.69) is 32.2 Å². The SMILES string of the molecule is c1cc2cc(c1)-c1ccnc(n1)Nc1ccc(N3CCN(C4CC4)CC3)c(c1)OCCOCCO2. The summed E-state index contributed by atoms with van der Waals surface area (Å²) in [6.07, 6.45) is 4.48. The van der Waals surface area contributed by atoms with Crippen molar-refractivity contribution in [3.05, 3.63) is 54.7 Å². The molecule has 1 N–H and O–H groups in total. The molecule has 0 spiro atoms. The molecule has 1 saturated carbocycles. The first-order chi connectivity index (χ1) is 17.3. The summed E-state index contributed by atoms with van der Waals surface area (Å²) in [6.45, 7) is 6.19. The first-order valence-corrected chi connectivity index (χ1v) is 12.5. The van der Waals surface area contributed by atoms with Gasteiger partial charge in [-0.3, -0.25) is 4.90 Å². The van der Waals surface area contributed by atoms with E-state index in [1.807, 2.05) is 36.4 Å². The monoisotopic (exact) mass is 473 g/mol. The van der Waals surface area contributed by atoms with E-state index in [4.69, 9.17) is 19.2 Å². The predicted molar refractivity (Wildman–Crippen MR) is 136 cm³/mol. The standard InChI is InChI=1S/C27H31N5O3/c1-2-20-18-23(3-1)34-16-14-33-15-17-35-26-19-21(29-27-28-9-8-24(20)30-27)4-7-25(26)32-12-10-31(11-13-32)22-5-6-22/h1-4,7-9,18-19,22H,5-6,10-17H2,(H,28,29,30). The zero-order valence-corrected chi connectivity index (χ0v) is 19.9. The number of nitrogens with zero attached hydrogens (tertiary/aromatic N) is 4. The maximum absolute atomic E-state index is 6.23. The Kier molecular flexibility index (Phi) is 6.38. The molecule has 0 unspecified atom stereocenters. The van der Waals surface area contributed by atoms with E-state index in [9.17, 15) is 0 Å². The molecule has 6 rings (SSSR count). The first-order valence-electron chi connectivity index (χ1n) is 12.5. The largest absolute Gasteiger partial charge is 0.491 e. The van der Waals surface area contributed by atoms with Crippen LogP contribution in [0.3, 0.4) is 0 Å². The van der Waals surface area contributed by atoms with E-state index in [1.165, 1.54) is 12.8 Å². The number of aromatic nitrogens is 2. The van der Waals surface area contributed by atoms with E-state index < -0.39 is 0 Å². The van der Waals surface area contributed by atoms with Crippen molar-refractivity contribution in [3.8, 4) is 22.8 Å². The number of rotatable bonds is 2. The summed E-state index contributed by atoms with van der Waals surface area (Å²) >= 11 is 0. The van der Waals surface area contributed by atoms with Crippen molar-refractivity contribution in [2.45, 2.75) is 18.9 Å². The van der Waals surface area contributed by atoms with Gasteiger partial charge >= 0.3 is 0 Å². The van der Waals surface area contributed by atoms with Gasteiger partial charge in [0.05, 0.1) is 24.6 Å². The Bertz CT molecular complexity index is 1160. The summed E-state index contributed by atoms with van der Waals surface area (Å²) in [5.41, 5.74) is 3.82. The second kappa shape index (κ2) is 10.1. The van der Waals surface area contributed by atoms with Crippen molar-refractivity contribution < 1.29 is 14.2 Å². The number of benzene rings is 2. The molecule has 8 nitrogen and oxygen atoms in total. The fourth-order valence-corrected chi connectivity index (χ4v) is 4.72. The van der Waals surface area contributed by atoms with Gasteiger partial charge in [-0.05, 0) is 43.2 Å². The molecule has 2 aliphatic heterocycles. The molecule has 1 aromatic heterocycles. The third-order valence-corrected chi connectivity index (χ3v) is 6.70. The molecular weight excluding hydrogens is 442 g/mol. The third kappa shape index (κ3) is 5.33. The molecule has 3 aromatic rings. The second-order valence-corrected chi connectivity index (χ2v) is 9.16. The zero-order valence-electron chi connectivity index (χ0n) is 19.9. The van der Waals surface area contributed by atoms with Crippen LogP contribution in [0.15, 0.2) is 54.7 Å². The summed E-state index contributed by atoms with van der Waals surface area (Å²) in [7, 11) is 0. The van der Waals surface area contributed by atoms with Gasteiger partial charge in [0.25, 0.3) is 0 Å². The van der Waals surface area contributed by atoms with Gasteiger partial charge in [-0.25, -0.2) is 9.97 Å². The Morgan fingerprint density at radius 3 is 2.57 bits per heavy atom. The number of piperazine rings is 1. The van der Waals surface area contributed by atoms with Crippen molar-refractivity contribution in [2.75, 3.05) is 62.8 Å². The van der Waals surface area contributed by atoms with Gasteiger partial charge in [0.15, 0.2) is 0 Å². The molecule has 3 heterocycles. The average molecular weight is 474 g/mol. The minimum absolute atomic E-state index is 0.472. The summed E-state index contributed by atoms with van der Waals surface area (Å²) in [6, 6.07) is 16.9. The molecule has 1 aliphatic carbocycles. The van der Waals surface area contributed by atoms with Crippen LogP contribution in [0.4, 0.5) is 17.3 Å². The lowest BCUT2D eigenvalue weighted by Crippen LogP contribution is -2.47. The third-order valence-electron chi connectivity index (χ3n) is 6.70. The highest BCUT2D eigenvalue weighted by Gasteiger charge is 2.31. The Morgan fingerprint density at radius 1 is 0.857 bits per heavy atom. The van der Waals surface area contributed by atoms with Crippen LogP contribution in [0.2, 0.25) is 0 Å². The van der Waals surface area contributed by atoms with Crippen LogP contribution < -0.4 is 19.7 Å². The van der Waals surface area contributed by atoms with Crippen LogP contribution in [0, 0.1) is 0 Å². The van der Waals surface area contributed by atoms with Crippen LogP contribution in [0.25, 0.3) is 11.3 Å². The predicted octanol–water partition coefficient (Wildman–Crippen LogP) is 3.96. The van der Waals surface area contributed by atoms with Crippen molar-refractivity contribution in [3.63, 3.8) is 0 Å². The Hall–Kier alpha value is -3.36. The van der Waals surface area contributed by atoms with Gasteiger partial charge < -0.3 is 24.4 Å². The van der Waals surface area contributed by atoms with E-state index in [0.29, 0.717) is 32.4 Å². The molecular formula is C27H31N5O3. The smallest absolute Gasteiger partial charge is 0.227 e. The average Bonchev–Trinajstić information content (AvgIpc) is 3.74. The fraction of sp³-hybridized carbons (Fsp3) is 0.407. The molecule has 182 valence electrons. The van der Waals surface area contributed by atoms with Crippen LogP contribution in [0.1, 0.15) is 12.8 Å². The van der Waals surface area contributed by atoms with Crippen LogP contribution >= 0.6 is 0 Å². The lowest BCUT2D eigenvalue weighted by molar-refractivity contribution is 0.0765. The topological polar surface area (TPSA) is 72.0 Å². The zero-order chi connectivity index (χ0) is 23.5.